The Balaban J connectivity index is 2.26. The summed E-state index contributed by atoms with van der Waals surface area (Å²) in [7, 11) is 1.64. The zero-order valence-corrected chi connectivity index (χ0v) is 10.5. The number of aromatic nitrogens is 2. The number of methoxy groups -OCH3 is 1. The van der Waals surface area contributed by atoms with Crippen LogP contribution in [0.2, 0.25) is 5.02 Å². The Bertz CT molecular complexity index is 489. The summed E-state index contributed by atoms with van der Waals surface area (Å²) < 4.78 is 10.7. The summed E-state index contributed by atoms with van der Waals surface area (Å²) in [6.45, 7) is 2.36. The Morgan fingerprint density at radius 2 is 2.31 bits per heavy atom. The standard InChI is InChI=1S/C10H11ClN2O2S/c1-6(14-2)3-15-9-8-7(11)4-16-10(8)13-5-12-9/h4-6H,3H2,1-2H3. The molecule has 1 atom stereocenters. The third-order valence-electron chi connectivity index (χ3n) is 2.15. The van der Waals surface area contributed by atoms with Crippen LogP contribution >= 0.6 is 22.9 Å². The molecule has 0 spiro atoms. The molecule has 2 heterocycles. The second kappa shape index (κ2) is 4.95. The molecule has 0 radical (unpaired) electrons. The summed E-state index contributed by atoms with van der Waals surface area (Å²) >= 11 is 7.52. The summed E-state index contributed by atoms with van der Waals surface area (Å²) in [5.41, 5.74) is 0. The van der Waals surface area contributed by atoms with Gasteiger partial charge in [-0.2, -0.15) is 0 Å². The van der Waals surface area contributed by atoms with Crippen LogP contribution in [0.3, 0.4) is 0 Å². The predicted octanol–water partition coefficient (Wildman–Crippen LogP) is 2.76. The third kappa shape index (κ3) is 2.26. The number of rotatable bonds is 4. The van der Waals surface area contributed by atoms with Crippen LogP contribution < -0.4 is 4.74 Å². The molecule has 2 aromatic heterocycles. The lowest BCUT2D eigenvalue weighted by Crippen LogP contribution is -2.16. The van der Waals surface area contributed by atoms with Gasteiger partial charge < -0.3 is 9.47 Å². The van der Waals surface area contributed by atoms with Crippen LogP contribution in [0.1, 0.15) is 6.92 Å². The third-order valence-corrected chi connectivity index (χ3v) is 3.46. The maximum absolute atomic E-state index is 6.05. The Labute approximate surface area is 102 Å². The van der Waals surface area contributed by atoms with Gasteiger partial charge in [0, 0.05) is 12.5 Å². The molecule has 4 nitrogen and oxygen atoms in total. The molecule has 0 saturated heterocycles. The zero-order valence-electron chi connectivity index (χ0n) is 8.94. The van der Waals surface area contributed by atoms with Crippen LogP contribution in [0.25, 0.3) is 10.2 Å². The topological polar surface area (TPSA) is 44.2 Å². The number of hydrogen-bond acceptors (Lipinski definition) is 5. The van der Waals surface area contributed by atoms with Crippen LogP contribution in [-0.4, -0.2) is 29.8 Å². The molecule has 0 aromatic carbocycles. The number of thiophene rings is 1. The second-order valence-electron chi connectivity index (χ2n) is 3.30. The highest BCUT2D eigenvalue weighted by molar-refractivity contribution is 7.17. The maximum Gasteiger partial charge on any atom is 0.226 e. The van der Waals surface area contributed by atoms with Crippen molar-refractivity contribution in [2.24, 2.45) is 0 Å². The SMILES string of the molecule is COC(C)COc1ncnc2scc(Cl)c12. The lowest BCUT2D eigenvalue weighted by Gasteiger charge is -2.10. The highest BCUT2D eigenvalue weighted by Gasteiger charge is 2.12. The molecular formula is C10H11ClN2O2S. The molecule has 0 N–H and O–H groups in total. The Morgan fingerprint density at radius 1 is 1.50 bits per heavy atom. The van der Waals surface area contributed by atoms with E-state index in [1.165, 1.54) is 17.7 Å². The van der Waals surface area contributed by atoms with Gasteiger partial charge in [0.2, 0.25) is 5.88 Å². The Morgan fingerprint density at radius 3 is 3.06 bits per heavy atom. The number of hydrogen-bond donors (Lipinski definition) is 0. The van der Waals surface area contributed by atoms with Gasteiger partial charge in [-0.3, -0.25) is 0 Å². The minimum absolute atomic E-state index is 0.0161. The lowest BCUT2D eigenvalue weighted by atomic mass is 10.4. The highest BCUT2D eigenvalue weighted by Crippen LogP contribution is 2.33. The summed E-state index contributed by atoms with van der Waals surface area (Å²) in [5, 5.41) is 3.23. The van der Waals surface area contributed by atoms with Gasteiger partial charge in [0.05, 0.1) is 16.5 Å². The van der Waals surface area contributed by atoms with E-state index in [2.05, 4.69) is 9.97 Å². The smallest absolute Gasteiger partial charge is 0.226 e. The first-order chi connectivity index (χ1) is 7.72. The van der Waals surface area contributed by atoms with Gasteiger partial charge in [-0.05, 0) is 6.92 Å². The van der Waals surface area contributed by atoms with Gasteiger partial charge in [-0.15, -0.1) is 11.3 Å². The molecule has 0 aliphatic rings. The predicted molar refractivity (Wildman–Crippen MR) is 64.4 cm³/mol. The molecule has 0 bridgehead atoms. The van der Waals surface area contributed by atoms with E-state index in [1.807, 2.05) is 12.3 Å². The molecule has 0 aliphatic heterocycles. The van der Waals surface area contributed by atoms with Gasteiger partial charge in [0.25, 0.3) is 0 Å². The van der Waals surface area contributed by atoms with Crippen molar-refractivity contribution in [3.8, 4) is 5.88 Å². The summed E-state index contributed by atoms with van der Waals surface area (Å²) in [6, 6.07) is 0. The normalized spacial score (nSPS) is 12.9. The fourth-order valence-electron chi connectivity index (χ4n) is 1.19. The average Bonchev–Trinajstić information content (AvgIpc) is 2.69. The van der Waals surface area contributed by atoms with E-state index < -0.39 is 0 Å². The van der Waals surface area contributed by atoms with Crippen molar-refractivity contribution in [1.29, 1.82) is 0 Å². The van der Waals surface area contributed by atoms with Crippen molar-refractivity contribution in [1.82, 2.24) is 9.97 Å². The Kier molecular flexibility index (Phi) is 3.58. The first-order valence-corrected chi connectivity index (χ1v) is 6.01. The van der Waals surface area contributed by atoms with Crippen molar-refractivity contribution in [3.05, 3.63) is 16.7 Å². The van der Waals surface area contributed by atoms with Crippen LogP contribution in [0.5, 0.6) is 5.88 Å². The minimum atomic E-state index is 0.0161. The molecule has 2 aromatic rings. The van der Waals surface area contributed by atoms with Gasteiger partial charge in [0.15, 0.2) is 0 Å². The van der Waals surface area contributed by atoms with Crippen LogP contribution in [0, 0.1) is 0 Å². The van der Waals surface area contributed by atoms with E-state index in [4.69, 9.17) is 21.1 Å². The van der Waals surface area contributed by atoms with Crippen LogP contribution in [0.15, 0.2) is 11.7 Å². The van der Waals surface area contributed by atoms with E-state index in [-0.39, 0.29) is 6.10 Å². The number of nitrogens with zero attached hydrogens (tertiary/aromatic N) is 2. The molecule has 6 heteroatoms. The van der Waals surface area contributed by atoms with Crippen molar-refractivity contribution >= 4 is 33.2 Å². The summed E-state index contributed by atoms with van der Waals surface area (Å²) in [5.74, 6) is 0.514. The molecule has 86 valence electrons. The van der Waals surface area contributed by atoms with Crippen molar-refractivity contribution in [3.63, 3.8) is 0 Å². The van der Waals surface area contributed by atoms with E-state index in [1.54, 1.807) is 7.11 Å². The van der Waals surface area contributed by atoms with Crippen molar-refractivity contribution in [2.45, 2.75) is 13.0 Å². The molecule has 0 fully saturated rings. The van der Waals surface area contributed by atoms with Crippen molar-refractivity contribution in [2.75, 3.05) is 13.7 Å². The number of fused-ring (bicyclic) bond motifs is 1. The molecule has 0 amide bonds. The lowest BCUT2D eigenvalue weighted by molar-refractivity contribution is 0.0705. The van der Waals surface area contributed by atoms with Gasteiger partial charge in [-0.25, -0.2) is 9.97 Å². The maximum atomic E-state index is 6.05. The molecule has 0 saturated carbocycles. The monoisotopic (exact) mass is 258 g/mol. The average molecular weight is 259 g/mol. The zero-order chi connectivity index (χ0) is 11.5. The minimum Gasteiger partial charge on any atom is -0.474 e. The van der Waals surface area contributed by atoms with Gasteiger partial charge in [0.1, 0.15) is 17.8 Å². The molecule has 16 heavy (non-hydrogen) atoms. The number of ether oxygens (including phenoxy) is 2. The molecule has 1 unspecified atom stereocenters. The molecular weight excluding hydrogens is 248 g/mol. The molecule has 2 rings (SSSR count). The van der Waals surface area contributed by atoms with E-state index in [0.29, 0.717) is 17.5 Å². The number of halogens is 1. The quantitative estimate of drug-likeness (QED) is 0.846. The van der Waals surface area contributed by atoms with Crippen LogP contribution in [-0.2, 0) is 4.74 Å². The van der Waals surface area contributed by atoms with Crippen LogP contribution in [0.4, 0.5) is 0 Å². The second-order valence-corrected chi connectivity index (χ2v) is 4.57. The largest absolute Gasteiger partial charge is 0.474 e. The Hall–Kier alpha value is -0.910. The van der Waals surface area contributed by atoms with Gasteiger partial charge >= 0.3 is 0 Å². The first kappa shape index (κ1) is 11.6. The van der Waals surface area contributed by atoms with E-state index in [9.17, 15) is 0 Å². The fraction of sp³-hybridized carbons (Fsp3) is 0.400. The summed E-state index contributed by atoms with van der Waals surface area (Å²) in [6.07, 6.45) is 1.49. The molecule has 0 aliphatic carbocycles. The van der Waals surface area contributed by atoms with E-state index in [0.717, 1.165) is 10.2 Å². The summed E-state index contributed by atoms with van der Waals surface area (Å²) in [4.78, 5) is 9.03. The van der Waals surface area contributed by atoms with E-state index >= 15 is 0 Å². The highest BCUT2D eigenvalue weighted by atomic mass is 35.5. The van der Waals surface area contributed by atoms with Crippen molar-refractivity contribution < 1.29 is 9.47 Å². The first-order valence-electron chi connectivity index (χ1n) is 4.75. The van der Waals surface area contributed by atoms with Gasteiger partial charge in [-0.1, -0.05) is 11.6 Å². The fourth-order valence-corrected chi connectivity index (χ4v) is 2.30.